The minimum absolute atomic E-state index is 0.157. The topological polar surface area (TPSA) is 30.0 Å². The highest BCUT2D eigenvalue weighted by atomic mass is 35.5. The zero-order valence-electron chi connectivity index (χ0n) is 10.3. The van der Waals surface area contributed by atoms with Crippen LogP contribution in [0.2, 0.25) is 10.0 Å². The average Bonchev–Trinajstić information content (AvgIpc) is 2.46. The van der Waals surface area contributed by atoms with Crippen LogP contribution in [0.5, 0.6) is 0 Å². The molecule has 3 rings (SSSR count). The third-order valence-corrected chi connectivity index (χ3v) is 3.64. The zero-order chi connectivity index (χ0) is 14.1. The van der Waals surface area contributed by atoms with E-state index in [1.54, 1.807) is 30.6 Å². The average molecular weight is 302 g/mol. The van der Waals surface area contributed by atoms with Gasteiger partial charge in [0.25, 0.3) is 0 Å². The summed E-state index contributed by atoms with van der Waals surface area (Å²) in [5, 5.41) is 2.62. The van der Waals surface area contributed by atoms with E-state index < -0.39 is 0 Å². The SMILES string of the molecule is O=C(c1ccc(Cl)cc1Cl)c1cncc2ccccc12. The minimum Gasteiger partial charge on any atom is -0.288 e. The molecule has 0 aliphatic carbocycles. The molecule has 0 spiro atoms. The van der Waals surface area contributed by atoms with E-state index in [4.69, 9.17) is 23.2 Å². The molecule has 0 N–H and O–H groups in total. The maximum atomic E-state index is 12.6. The quantitative estimate of drug-likeness (QED) is 0.638. The number of hydrogen-bond donors (Lipinski definition) is 0. The Bertz CT molecular complexity index is 809. The first-order valence-corrected chi connectivity index (χ1v) is 6.75. The second-order valence-corrected chi connectivity index (χ2v) is 5.21. The van der Waals surface area contributed by atoms with Crippen molar-refractivity contribution in [3.8, 4) is 0 Å². The van der Waals surface area contributed by atoms with Gasteiger partial charge in [-0.3, -0.25) is 9.78 Å². The van der Waals surface area contributed by atoms with Crippen molar-refractivity contribution in [2.24, 2.45) is 0 Å². The molecule has 1 heterocycles. The predicted octanol–water partition coefficient (Wildman–Crippen LogP) is 4.77. The molecule has 0 saturated carbocycles. The molecule has 2 aromatic carbocycles. The smallest absolute Gasteiger partial charge is 0.196 e. The van der Waals surface area contributed by atoms with Gasteiger partial charge in [-0.05, 0) is 23.6 Å². The third kappa shape index (κ3) is 2.28. The number of carbonyl (C=O) groups is 1. The summed E-state index contributed by atoms with van der Waals surface area (Å²) in [5.41, 5.74) is 0.960. The van der Waals surface area contributed by atoms with Crippen LogP contribution in [0.3, 0.4) is 0 Å². The fourth-order valence-corrected chi connectivity index (χ4v) is 2.61. The number of halogens is 2. The van der Waals surface area contributed by atoms with Gasteiger partial charge in [0.1, 0.15) is 0 Å². The first kappa shape index (κ1) is 13.1. The lowest BCUT2D eigenvalue weighted by Crippen LogP contribution is -2.03. The fourth-order valence-electron chi connectivity index (χ4n) is 2.12. The molecule has 0 amide bonds. The van der Waals surface area contributed by atoms with Gasteiger partial charge in [0.05, 0.1) is 5.02 Å². The van der Waals surface area contributed by atoms with Gasteiger partial charge in [-0.2, -0.15) is 0 Å². The zero-order valence-corrected chi connectivity index (χ0v) is 11.8. The molecule has 0 saturated heterocycles. The van der Waals surface area contributed by atoms with Crippen molar-refractivity contribution in [2.45, 2.75) is 0 Å². The van der Waals surface area contributed by atoms with Crippen LogP contribution in [0.15, 0.2) is 54.9 Å². The molecule has 3 aromatic rings. The Morgan fingerprint density at radius 2 is 1.75 bits per heavy atom. The molecule has 2 nitrogen and oxygen atoms in total. The molecule has 0 radical (unpaired) electrons. The van der Waals surface area contributed by atoms with Gasteiger partial charge in [0.2, 0.25) is 0 Å². The number of rotatable bonds is 2. The van der Waals surface area contributed by atoms with E-state index in [1.807, 2.05) is 24.3 Å². The summed E-state index contributed by atoms with van der Waals surface area (Å²) in [7, 11) is 0. The molecule has 20 heavy (non-hydrogen) atoms. The fraction of sp³-hybridized carbons (Fsp3) is 0. The number of benzene rings is 2. The summed E-state index contributed by atoms with van der Waals surface area (Å²) in [6.07, 6.45) is 3.30. The highest BCUT2D eigenvalue weighted by molar-refractivity contribution is 6.38. The maximum absolute atomic E-state index is 12.6. The van der Waals surface area contributed by atoms with Crippen molar-refractivity contribution < 1.29 is 4.79 Å². The van der Waals surface area contributed by atoms with Gasteiger partial charge < -0.3 is 0 Å². The Balaban J connectivity index is 2.18. The molecular weight excluding hydrogens is 293 g/mol. The lowest BCUT2D eigenvalue weighted by atomic mass is 10.00. The van der Waals surface area contributed by atoms with Crippen molar-refractivity contribution in [1.29, 1.82) is 0 Å². The highest BCUT2D eigenvalue weighted by Gasteiger charge is 2.16. The first-order valence-electron chi connectivity index (χ1n) is 5.99. The molecule has 0 unspecified atom stereocenters. The summed E-state index contributed by atoms with van der Waals surface area (Å²) in [6, 6.07) is 12.5. The van der Waals surface area contributed by atoms with Gasteiger partial charge in [-0.1, -0.05) is 47.5 Å². The molecule has 0 aliphatic heterocycles. The van der Waals surface area contributed by atoms with E-state index in [9.17, 15) is 4.79 Å². The molecule has 0 atom stereocenters. The molecular formula is C16H9Cl2NO. The van der Waals surface area contributed by atoms with Crippen LogP contribution >= 0.6 is 23.2 Å². The normalized spacial score (nSPS) is 10.7. The van der Waals surface area contributed by atoms with Gasteiger partial charge in [-0.25, -0.2) is 0 Å². The van der Waals surface area contributed by atoms with Crippen LogP contribution in [0, 0.1) is 0 Å². The van der Waals surface area contributed by atoms with Crippen molar-refractivity contribution in [3.05, 3.63) is 76.0 Å². The Morgan fingerprint density at radius 1 is 0.950 bits per heavy atom. The highest BCUT2D eigenvalue weighted by Crippen LogP contribution is 2.26. The van der Waals surface area contributed by atoms with Crippen LogP contribution in [0.4, 0.5) is 0 Å². The maximum Gasteiger partial charge on any atom is 0.196 e. The summed E-state index contributed by atoms with van der Waals surface area (Å²) >= 11 is 12.0. The van der Waals surface area contributed by atoms with E-state index in [2.05, 4.69) is 4.98 Å². The van der Waals surface area contributed by atoms with Crippen LogP contribution in [-0.2, 0) is 0 Å². The van der Waals surface area contributed by atoms with Crippen molar-refractivity contribution in [3.63, 3.8) is 0 Å². The molecule has 0 aliphatic rings. The van der Waals surface area contributed by atoms with Crippen LogP contribution in [0.25, 0.3) is 10.8 Å². The van der Waals surface area contributed by atoms with Gasteiger partial charge in [-0.15, -0.1) is 0 Å². The summed E-state index contributed by atoms with van der Waals surface area (Å²) in [4.78, 5) is 16.7. The number of hydrogen-bond acceptors (Lipinski definition) is 2. The Hall–Kier alpha value is -1.90. The number of aromatic nitrogens is 1. The molecule has 1 aromatic heterocycles. The number of pyridine rings is 1. The van der Waals surface area contributed by atoms with Gasteiger partial charge in [0, 0.05) is 33.9 Å². The minimum atomic E-state index is -0.157. The monoisotopic (exact) mass is 301 g/mol. The summed E-state index contributed by atoms with van der Waals surface area (Å²) in [5.74, 6) is -0.157. The molecule has 98 valence electrons. The molecule has 4 heteroatoms. The Labute approximate surface area is 126 Å². The predicted molar refractivity (Wildman–Crippen MR) is 81.6 cm³/mol. The van der Waals surface area contributed by atoms with Crippen LogP contribution in [-0.4, -0.2) is 10.8 Å². The van der Waals surface area contributed by atoms with E-state index in [-0.39, 0.29) is 5.78 Å². The van der Waals surface area contributed by atoms with E-state index >= 15 is 0 Å². The van der Waals surface area contributed by atoms with E-state index in [1.165, 1.54) is 0 Å². The van der Waals surface area contributed by atoms with E-state index in [0.29, 0.717) is 21.2 Å². The van der Waals surface area contributed by atoms with Gasteiger partial charge >= 0.3 is 0 Å². The van der Waals surface area contributed by atoms with E-state index in [0.717, 1.165) is 10.8 Å². The first-order chi connectivity index (χ1) is 9.66. The summed E-state index contributed by atoms with van der Waals surface area (Å²) in [6.45, 7) is 0. The lowest BCUT2D eigenvalue weighted by molar-refractivity contribution is 0.104. The van der Waals surface area contributed by atoms with Crippen molar-refractivity contribution >= 4 is 39.8 Å². The number of nitrogens with zero attached hydrogens (tertiary/aromatic N) is 1. The largest absolute Gasteiger partial charge is 0.288 e. The standard InChI is InChI=1S/C16H9Cl2NO/c17-11-5-6-13(15(18)7-11)16(20)14-9-19-8-10-3-1-2-4-12(10)14/h1-9H. The Morgan fingerprint density at radius 3 is 2.55 bits per heavy atom. The van der Waals surface area contributed by atoms with Crippen molar-refractivity contribution in [2.75, 3.05) is 0 Å². The summed E-state index contributed by atoms with van der Waals surface area (Å²) < 4.78 is 0. The van der Waals surface area contributed by atoms with Crippen LogP contribution in [0.1, 0.15) is 15.9 Å². The molecule has 0 fully saturated rings. The van der Waals surface area contributed by atoms with Crippen molar-refractivity contribution in [1.82, 2.24) is 4.98 Å². The Kier molecular flexibility index (Phi) is 3.43. The second-order valence-electron chi connectivity index (χ2n) is 4.36. The lowest BCUT2D eigenvalue weighted by Gasteiger charge is -2.07. The van der Waals surface area contributed by atoms with Crippen LogP contribution < -0.4 is 0 Å². The number of carbonyl (C=O) groups excluding carboxylic acids is 1. The number of fused-ring (bicyclic) bond motifs is 1. The molecule has 0 bridgehead atoms. The second kappa shape index (κ2) is 5.23. The van der Waals surface area contributed by atoms with Gasteiger partial charge in [0.15, 0.2) is 5.78 Å². The third-order valence-electron chi connectivity index (χ3n) is 3.09. The number of ketones is 1.